The second-order valence-corrected chi connectivity index (χ2v) is 7.74. The van der Waals surface area contributed by atoms with E-state index in [2.05, 4.69) is 25.9 Å². The van der Waals surface area contributed by atoms with Gasteiger partial charge in [0.2, 0.25) is 0 Å². The van der Waals surface area contributed by atoms with Gasteiger partial charge in [-0.25, -0.2) is 14.4 Å². The van der Waals surface area contributed by atoms with Gasteiger partial charge in [-0.3, -0.25) is 4.90 Å². The first-order chi connectivity index (χ1) is 16.0. The highest BCUT2D eigenvalue weighted by molar-refractivity contribution is 6.31. The third-order valence-electron chi connectivity index (χ3n) is 5.26. The largest absolute Gasteiger partial charge is 0.496 e. The van der Waals surface area contributed by atoms with Crippen molar-refractivity contribution in [2.75, 3.05) is 25.5 Å². The van der Waals surface area contributed by atoms with Crippen LogP contribution in [-0.4, -0.2) is 47.4 Å². The average Bonchev–Trinajstić information content (AvgIpc) is 3.28. The van der Waals surface area contributed by atoms with Gasteiger partial charge in [0, 0.05) is 29.2 Å². The zero-order valence-corrected chi connectivity index (χ0v) is 18.8. The molecule has 1 aliphatic heterocycles. The molecule has 8 nitrogen and oxygen atoms in total. The van der Waals surface area contributed by atoms with Crippen LogP contribution >= 0.6 is 11.6 Å². The summed E-state index contributed by atoms with van der Waals surface area (Å²) in [5.41, 5.74) is 6.95. The number of nitriles is 1. The van der Waals surface area contributed by atoms with Crippen molar-refractivity contribution in [3.63, 3.8) is 0 Å². The highest BCUT2D eigenvalue weighted by Crippen LogP contribution is 2.32. The van der Waals surface area contributed by atoms with Crippen molar-refractivity contribution in [3.8, 4) is 11.8 Å². The Morgan fingerprint density at radius 3 is 2.85 bits per heavy atom. The number of nitrogens with zero attached hydrogens (tertiary/aromatic N) is 4. The van der Waals surface area contributed by atoms with E-state index in [-0.39, 0.29) is 17.6 Å². The fraction of sp³-hybridized carbons (Fsp3) is 0.304. The molecule has 172 valence electrons. The summed E-state index contributed by atoms with van der Waals surface area (Å²) in [5.74, 6) is 0.811. The van der Waals surface area contributed by atoms with E-state index < -0.39 is 5.82 Å². The van der Waals surface area contributed by atoms with Crippen molar-refractivity contribution in [3.05, 3.63) is 53.1 Å². The molecule has 2 heterocycles. The Kier molecular flexibility index (Phi) is 8.49. The standard InChI is InChI=1S/C21H20ClFN4O2.C2H4N2/c1-29-20-9-19-16(7-13(20)10-27-6-2-3-15(27)11-28)21(25-12-24-19)26-14-4-5-18(23)17(22)8-14;3-1-2-4/h4-5,7-9,11-12,15H,2-3,6,10H2,1H3,(H,24,25,26);1,3H2/t15-;/m1./s1. The van der Waals surface area contributed by atoms with Crippen LogP contribution in [0.25, 0.3) is 10.9 Å². The van der Waals surface area contributed by atoms with Crippen LogP contribution in [0.5, 0.6) is 5.75 Å². The zero-order chi connectivity index (χ0) is 23.8. The number of halogens is 2. The molecule has 1 aliphatic rings. The van der Waals surface area contributed by atoms with Crippen molar-refractivity contribution in [2.45, 2.75) is 25.4 Å². The predicted octanol–water partition coefficient (Wildman–Crippen LogP) is 3.81. The number of nitrogens with two attached hydrogens (primary N) is 1. The molecule has 0 aliphatic carbocycles. The molecule has 0 unspecified atom stereocenters. The molecule has 0 radical (unpaired) electrons. The quantitative estimate of drug-likeness (QED) is 0.412. The average molecular weight is 471 g/mol. The van der Waals surface area contributed by atoms with E-state index in [0.29, 0.717) is 29.3 Å². The van der Waals surface area contributed by atoms with Crippen LogP contribution in [0, 0.1) is 17.1 Å². The van der Waals surface area contributed by atoms with Crippen LogP contribution in [0.1, 0.15) is 18.4 Å². The highest BCUT2D eigenvalue weighted by Gasteiger charge is 2.25. The van der Waals surface area contributed by atoms with Gasteiger partial charge in [0.15, 0.2) is 0 Å². The Morgan fingerprint density at radius 2 is 2.18 bits per heavy atom. The molecule has 10 heteroatoms. The molecule has 33 heavy (non-hydrogen) atoms. The van der Waals surface area contributed by atoms with Gasteiger partial charge in [0.05, 0.1) is 36.3 Å². The van der Waals surface area contributed by atoms with E-state index >= 15 is 0 Å². The van der Waals surface area contributed by atoms with Gasteiger partial charge < -0.3 is 20.6 Å². The number of ether oxygens (including phenoxy) is 1. The van der Waals surface area contributed by atoms with E-state index in [1.54, 1.807) is 19.2 Å². The van der Waals surface area contributed by atoms with Crippen molar-refractivity contribution < 1.29 is 13.9 Å². The number of benzene rings is 2. The summed E-state index contributed by atoms with van der Waals surface area (Å²) in [5, 5.41) is 11.5. The minimum atomic E-state index is -0.480. The van der Waals surface area contributed by atoms with Crippen LogP contribution < -0.4 is 15.8 Å². The summed E-state index contributed by atoms with van der Waals surface area (Å²) in [6, 6.07) is 9.88. The number of anilines is 2. The maximum absolute atomic E-state index is 13.5. The smallest absolute Gasteiger partial charge is 0.141 e. The Morgan fingerprint density at radius 1 is 1.39 bits per heavy atom. The number of carbonyl (C=O) groups is 1. The maximum atomic E-state index is 13.5. The number of rotatable bonds is 6. The van der Waals surface area contributed by atoms with Crippen LogP contribution in [0.15, 0.2) is 36.7 Å². The highest BCUT2D eigenvalue weighted by atomic mass is 35.5. The first kappa shape index (κ1) is 24.3. The van der Waals surface area contributed by atoms with Crippen LogP contribution in [0.3, 0.4) is 0 Å². The number of carbonyl (C=O) groups excluding carboxylic acids is 1. The molecule has 0 saturated carbocycles. The zero-order valence-electron chi connectivity index (χ0n) is 18.1. The minimum Gasteiger partial charge on any atom is -0.496 e. The first-order valence-electron chi connectivity index (χ1n) is 10.3. The molecule has 0 bridgehead atoms. The minimum absolute atomic E-state index is 0.0321. The van der Waals surface area contributed by atoms with Gasteiger partial charge >= 0.3 is 0 Å². The number of likely N-dealkylation sites (tertiary alicyclic amines) is 1. The monoisotopic (exact) mass is 470 g/mol. The van der Waals surface area contributed by atoms with Crippen LogP contribution in [0.2, 0.25) is 5.02 Å². The second kappa shape index (κ2) is 11.5. The molecule has 0 amide bonds. The Balaban J connectivity index is 0.000000709. The molecule has 1 saturated heterocycles. The molecule has 0 spiro atoms. The third-order valence-corrected chi connectivity index (χ3v) is 5.55. The SMILES string of the molecule is COc1cc2ncnc(Nc3ccc(F)c(Cl)c3)c2cc1CN1CCC[C@@H]1C=O.N#CCN. The summed E-state index contributed by atoms with van der Waals surface area (Å²) < 4.78 is 19.0. The second-order valence-electron chi connectivity index (χ2n) is 7.34. The summed E-state index contributed by atoms with van der Waals surface area (Å²) in [7, 11) is 1.62. The number of aromatic nitrogens is 2. The normalized spacial score (nSPS) is 15.4. The predicted molar refractivity (Wildman–Crippen MR) is 125 cm³/mol. The number of aldehydes is 1. The van der Waals surface area contributed by atoms with Gasteiger partial charge in [0.1, 0.15) is 30.0 Å². The Hall–Kier alpha value is -3.32. The molecular formula is C23H24ClFN6O2. The lowest BCUT2D eigenvalue weighted by Crippen LogP contribution is -2.30. The van der Waals surface area contributed by atoms with Crippen molar-refractivity contribution in [2.24, 2.45) is 5.73 Å². The van der Waals surface area contributed by atoms with Gasteiger partial charge in [0.25, 0.3) is 0 Å². The summed E-state index contributed by atoms with van der Waals surface area (Å²) in [4.78, 5) is 22.2. The van der Waals surface area contributed by atoms with Crippen molar-refractivity contribution in [1.82, 2.24) is 14.9 Å². The Bertz CT molecular complexity index is 1170. The lowest BCUT2D eigenvalue weighted by molar-refractivity contribution is -0.111. The van der Waals surface area contributed by atoms with E-state index in [4.69, 9.17) is 21.6 Å². The number of fused-ring (bicyclic) bond motifs is 1. The van der Waals surface area contributed by atoms with Gasteiger partial charge in [-0.15, -0.1) is 0 Å². The fourth-order valence-electron chi connectivity index (χ4n) is 3.67. The number of nitrogens with one attached hydrogen (secondary N) is 1. The summed E-state index contributed by atoms with van der Waals surface area (Å²) in [6.45, 7) is 1.59. The van der Waals surface area contributed by atoms with Crippen molar-refractivity contribution in [1.29, 1.82) is 5.26 Å². The van der Waals surface area contributed by atoms with E-state index in [9.17, 15) is 9.18 Å². The molecule has 3 N–H and O–H groups in total. The Labute approximate surface area is 196 Å². The van der Waals surface area contributed by atoms with Crippen LogP contribution in [0.4, 0.5) is 15.9 Å². The van der Waals surface area contributed by atoms with E-state index in [1.807, 2.05) is 12.1 Å². The third kappa shape index (κ3) is 5.93. The topological polar surface area (TPSA) is 117 Å². The molecule has 1 fully saturated rings. The molecule has 1 aromatic heterocycles. The van der Waals surface area contributed by atoms with Gasteiger partial charge in [-0.2, -0.15) is 5.26 Å². The molecule has 4 rings (SSSR count). The number of hydrogen-bond donors (Lipinski definition) is 2. The molecular weight excluding hydrogens is 447 g/mol. The lowest BCUT2D eigenvalue weighted by Gasteiger charge is -2.22. The lowest BCUT2D eigenvalue weighted by atomic mass is 10.1. The molecule has 1 atom stereocenters. The summed E-state index contributed by atoms with van der Waals surface area (Å²) >= 11 is 5.89. The van der Waals surface area contributed by atoms with E-state index in [1.165, 1.54) is 18.5 Å². The number of hydrogen-bond acceptors (Lipinski definition) is 8. The van der Waals surface area contributed by atoms with Gasteiger partial charge in [-0.1, -0.05) is 11.6 Å². The van der Waals surface area contributed by atoms with Crippen molar-refractivity contribution >= 4 is 40.3 Å². The summed E-state index contributed by atoms with van der Waals surface area (Å²) in [6.07, 6.45) is 4.34. The van der Waals surface area contributed by atoms with Gasteiger partial charge in [-0.05, 0) is 43.7 Å². The fourth-order valence-corrected chi connectivity index (χ4v) is 3.85. The van der Waals surface area contributed by atoms with Crippen LogP contribution in [-0.2, 0) is 11.3 Å². The number of methoxy groups -OCH3 is 1. The maximum Gasteiger partial charge on any atom is 0.141 e. The van der Waals surface area contributed by atoms with E-state index in [0.717, 1.165) is 36.6 Å². The molecule has 3 aromatic rings. The molecule has 2 aromatic carbocycles. The first-order valence-corrected chi connectivity index (χ1v) is 10.7.